The molecule has 1 aromatic rings. The van der Waals surface area contributed by atoms with Gasteiger partial charge in [-0.2, -0.15) is 0 Å². The quantitative estimate of drug-likeness (QED) is 0.860. The Hall–Kier alpha value is -0.820. The lowest BCUT2D eigenvalue weighted by Crippen LogP contribution is -2.52. The first kappa shape index (κ1) is 22.2. The van der Waals surface area contributed by atoms with E-state index in [9.17, 15) is 4.79 Å². The molecule has 1 amide bonds. The number of aromatic nitrogens is 1. The molecule has 1 fully saturated rings. The van der Waals surface area contributed by atoms with Gasteiger partial charge in [0.15, 0.2) is 0 Å². The molecule has 1 aliphatic heterocycles. The standard InChI is InChI=1S/C15H26N4O2.2ClH/c1-4-5-14(16)15(20)19-8-6-18(7-9-19)10-13-11(2)17-21-12(13)3;;/h14H,4-10,16H2,1-3H3;2*1H. The van der Waals surface area contributed by atoms with Gasteiger partial charge in [0.1, 0.15) is 5.76 Å². The van der Waals surface area contributed by atoms with Crippen LogP contribution in [0.25, 0.3) is 0 Å². The summed E-state index contributed by atoms with van der Waals surface area (Å²) in [6.45, 7) is 10.0. The molecule has 0 radical (unpaired) electrons. The first-order valence-corrected chi connectivity index (χ1v) is 7.71. The van der Waals surface area contributed by atoms with Gasteiger partial charge in [0.25, 0.3) is 0 Å². The average Bonchev–Trinajstić information content (AvgIpc) is 2.79. The van der Waals surface area contributed by atoms with Crippen molar-refractivity contribution < 1.29 is 9.32 Å². The molecule has 2 N–H and O–H groups in total. The van der Waals surface area contributed by atoms with Crippen LogP contribution in [0.15, 0.2) is 4.52 Å². The number of nitrogens with two attached hydrogens (primary N) is 1. The molecular formula is C15H28Cl2N4O2. The van der Waals surface area contributed by atoms with Crippen molar-refractivity contribution in [1.29, 1.82) is 0 Å². The van der Waals surface area contributed by atoms with Gasteiger partial charge in [0, 0.05) is 38.3 Å². The molecule has 23 heavy (non-hydrogen) atoms. The molecule has 8 heteroatoms. The van der Waals surface area contributed by atoms with Gasteiger partial charge in [-0.15, -0.1) is 24.8 Å². The summed E-state index contributed by atoms with van der Waals surface area (Å²) in [4.78, 5) is 16.4. The number of carbonyl (C=O) groups is 1. The Labute approximate surface area is 150 Å². The van der Waals surface area contributed by atoms with Crippen molar-refractivity contribution >= 4 is 30.7 Å². The maximum atomic E-state index is 12.2. The predicted molar refractivity (Wildman–Crippen MR) is 95.2 cm³/mol. The van der Waals surface area contributed by atoms with E-state index in [2.05, 4.69) is 17.0 Å². The Morgan fingerprint density at radius 1 is 1.26 bits per heavy atom. The van der Waals surface area contributed by atoms with Crippen LogP contribution in [0.4, 0.5) is 0 Å². The second kappa shape index (κ2) is 10.1. The van der Waals surface area contributed by atoms with Crippen LogP contribution in [0.2, 0.25) is 0 Å². The lowest BCUT2D eigenvalue weighted by Gasteiger charge is -2.35. The van der Waals surface area contributed by atoms with Crippen molar-refractivity contribution in [3.63, 3.8) is 0 Å². The van der Waals surface area contributed by atoms with Gasteiger partial charge in [-0.3, -0.25) is 9.69 Å². The van der Waals surface area contributed by atoms with Crippen molar-refractivity contribution in [2.75, 3.05) is 26.2 Å². The second-order valence-corrected chi connectivity index (χ2v) is 5.80. The van der Waals surface area contributed by atoms with E-state index in [1.807, 2.05) is 18.7 Å². The van der Waals surface area contributed by atoms with E-state index in [4.69, 9.17) is 10.3 Å². The highest BCUT2D eigenvalue weighted by Crippen LogP contribution is 2.16. The topological polar surface area (TPSA) is 75.6 Å². The fourth-order valence-corrected chi connectivity index (χ4v) is 2.75. The monoisotopic (exact) mass is 366 g/mol. The lowest BCUT2D eigenvalue weighted by molar-refractivity contribution is -0.134. The first-order valence-electron chi connectivity index (χ1n) is 7.71. The van der Waals surface area contributed by atoms with Gasteiger partial charge in [-0.05, 0) is 20.3 Å². The summed E-state index contributed by atoms with van der Waals surface area (Å²) < 4.78 is 5.20. The fraction of sp³-hybridized carbons (Fsp3) is 0.733. The molecule has 1 atom stereocenters. The predicted octanol–water partition coefficient (Wildman–Crippen LogP) is 1.91. The normalized spacial score (nSPS) is 16.4. The third-order valence-electron chi connectivity index (χ3n) is 4.16. The van der Waals surface area contributed by atoms with Gasteiger partial charge >= 0.3 is 0 Å². The van der Waals surface area contributed by atoms with Gasteiger partial charge in [0.2, 0.25) is 5.91 Å². The Kier molecular flexibility index (Phi) is 9.77. The molecule has 1 aliphatic rings. The maximum absolute atomic E-state index is 12.2. The van der Waals surface area contributed by atoms with E-state index in [1.54, 1.807) is 0 Å². The molecule has 134 valence electrons. The summed E-state index contributed by atoms with van der Waals surface area (Å²) in [5.74, 6) is 0.977. The SMILES string of the molecule is CCCC(N)C(=O)N1CCN(Cc2c(C)noc2C)CC1.Cl.Cl. The highest BCUT2D eigenvalue weighted by Gasteiger charge is 2.25. The van der Waals surface area contributed by atoms with Gasteiger partial charge in [-0.25, -0.2) is 0 Å². The number of piperazine rings is 1. The van der Waals surface area contributed by atoms with Crippen LogP contribution in [0.5, 0.6) is 0 Å². The molecule has 0 bridgehead atoms. The van der Waals surface area contributed by atoms with Crippen LogP contribution in [0.1, 0.15) is 36.8 Å². The minimum Gasteiger partial charge on any atom is -0.361 e. The highest BCUT2D eigenvalue weighted by atomic mass is 35.5. The molecule has 1 saturated heterocycles. The molecule has 2 rings (SSSR count). The Balaban J connectivity index is 0.00000242. The maximum Gasteiger partial charge on any atom is 0.239 e. The summed E-state index contributed by atoms with van der Waals surface area (Å²) in [6.07, 6.45) is 1.71. The molecule has 1 aromatic heterocycles. The van der Waals surface area contributed by atoms with Gasteiger partial charge in [-0.1, -0.05) is 18.5 Å². The Bertz CT molecular complexity index is 468. The summed E-state index contributed by atoms with van der Waals surface area (Å²) >= 11 is 0. The van der Waals surface area contributed by atoms with Crippen molar-refractivity contribution in [3.05, 3.63) is 17.0 Å². The van der Waals surface area contributed by atoms with Crippen LogP contribution < -0.4 is 5.73 Å². The van der Waals surface area contributed by atoms with E-state index in [-0.39, 0.29) is 36.8 Å². The number of amides is 1. The van der Waals surface area contributed by atoms with E-state index < -0.39 is 0 Å². The number of rotatable bonds is 5. The van der Waals surface area contributed by atoms with Crippen LogP contribution in [0.3, 0.4) is 0 Å². The van der Waals surface area contributed by atoms with Crippen molar-refractivity contribution in [3.8, 4) is 0 Å². The molecular weight excluding hydrogens is 339 g/mol. The second-order valence-electron chi connectivity index (χ2n) is 5.80. The van der Waals surface area contributed by atoms with Gasteiger partial charge in [0.05, 0.1) is 11.7 Å². The minimum atomic E-state index is -0.343. The molecule has 0 spiro atoms. The summed E-state index contributed by atoms with van der Waals surface area (Å²) in [5, 5.41) is 3.99. The largest absolute Gasteiger partial charge is 0.361 e. The number of carbonyl (C=O) groups excluding carboxylic acids is 1. The van der Waals surface area contributed by atoms with Crippen molar-refractivity contribution in [2.24, 2.45) is 5.73 Å². The Morgan fingerprint density at radius 3 is 2.35 bits per heavy atom. The van der Waals surface area contributed by atoms with Gasteiger partial charge < -0.3 is 15.2 Å². The average molecular weight is 367 g/mol. The molecule has 6 nitrogen and oxygen atoms in total. The van der Waals surface area contributed by atoms with Crippen LogP contribution in [-0.4, -0.2) is 53.1 Å². The summed E-state index contributed by atoms with van der Waals surface area (Å²) in [6, 6.07) is -0.343. The smallest absolute Gasteiger partial charge is 0.239 e. The van der Waals surface area contributed by atoms with Crippen LogP contribution in [0, 0.1) is 13.8 Å². The molecule has 2 heterocycles. The highest BCUT2D eigenvalue weighted by molar-refractivity contribution is 5.85. The molecule has 0 saturated carbocycles. The van der Waals surface area contributed by atoms with Crippen molar-refractivity contribution in [2.45, 2.75) is 46.2 Å². The number of hydrogen-bond acceptors (Lipinski definition) is 5. The summed E-state index contributed by atoms with van der Waals surface area (Å²) in [7, 11) is 0. The lowest BCUT2D eigenvalue weighted by atomic mass is 10.1. The zero-order chi connectivity index (χ0) is 15.4. The summed E-state index contributed by atoms with van der Waals surface area (Å²) in [5.41, 5.74) is 8.04. The van der Waals surface area contributed by atoms with Crippen molar-refractivity contribution in [1.82, 2.24) is 15.0 Å². The molecule has 1 unspecified atom stereocenters. The van der Waals surface area contributed by atoms with E-state index in [1.165, 1.54) is 0 Å². The molecule has 0 aromatic carbocycles. The number of aryl methyl sites for hydroxylation is 2. The minimum absolute atomic E-state index is 0. The zero-order valence-electron chi connectivity index (χ0n) is 14.1. The van der Waals surface area contributed by atoms with Crippen LogP contribution >= 0.6 is 24.8 Å². The zero-order valence-corrected chi connectivity index (χ0v) is 15.7. The third-order valence-corrected chi connectivity index (χ3v) is 4.16. The third kappa shape index (κ3) is 5.64. The number of nitrogens with zero attached hydrogens (tertiary/aromatic N) is 3. The Morgan fingerprint density at radius 2 is 1.87 bits per heavy atom. The number of hydrogen-bond donors (Lipinski definition) is 1. The molecule has 0 aliphatic carbocycles. The first-order chi connectivity index (χ1) is 10.0. The fourth-order valence-electron chi connectivity index (χ4n) is 2.75. The number of halogens is 2. The van der Waals surface area contributed by atoms with E-state index >= 15 is 0 Å². The van der Waals surface area contributed by atoms with E-state index in [0.717, 1.165) is 62.6 Å². The van der Waals surface area contributed by atoms with E-state index in [0.29, 0.717) is 0 Å². The van der Waals surface area contributed by atoms with Crippen LogP contribution in [-0.2, 0) is 11.3 Å².